The molecule has 0 aromatic heterocycles. The van der Waals surface area contributed by atoms with E-state index >= 15 is 0 Å². The van der Waals surface area contributed by atoms with E-state index in [2.05, 4.69) is 75.6 Å². The predicted octanol–water partition coefficient (Wildman–Crippen LogP) is 4.99. The van der Waals surface area contributed by atoms with Crippen molar-refractivity contribution in [2.45, 2.75) is 38.5 Å². The van der Waals surface area contributed by atoms with Crippen LogP contribution < -0.4 is 0 Å². The Balaban J connectivity index is 2.67. The minimum Gasteiger partial charge on any atom is -0.103 e. The molecule has 0 nitrogen and oxygen atoms in total. The van der Waals surface area contributed by atoms with Crippen molar-refractivity contribution < 1.29 is 0 Å². The number of hydrogen-bond donors (Lipinski definition) is 0. The van der Waals surface area contributed by atoms with Crippen LogP contribution in [-0.2, 0) is 6.42 Å². The van der Waals surface area contributed by atoms with Gasteiger partial charge in [-0.25, -0.2) is 0 Å². The topological polar surface area (TPSA) is 0 Å². The Labute approximate surface area is 107 Å². The lowest BCUT2D eigenvalue weighted by atomic mass is 10.1. The van der Waals surface area contributed by atoms with Crippen LogP contribution in [0.4, 0.5) is 0 Å². The van der Waals surface area contributed by atoms with Gasteiger partial charge in [0.2, 0.25) is 0 Å². The van der Waals surface area contributed by atoms with Crippen LogP contribution in [0.5, 0.6) is 0 Å². The second kappa shape index (κ2) is 6.01. The van der Waals surface area contributed by atoms with Gasteiger partial charge in [-0.15, -0.1) is 6.58 Å². The average Bonchev–Trinajstić information content (AvgIpc) is 2.25. The fraction of sp³-hybridized carbons (Fsp3) is 0.375. The van der Waals surface area contributed by atoms with Crippen LogP contribution in [0.1, 0.15) is 11.1 Å². The van der Waals surface area contributed by atoms with Crippen molar-refractivity contribution in [3.05, 3.63) is 60.2 Å². The number of aryl methyl sites for hydroxylation is 1. The van der Waals surface area contributed by atoms with Crippen molar-refractivity contribution in [2.75, 3.05) is 0 Å². The molecule has 1 heteroatoms. The second-order valence-corrected chi connectivity index (χ2v) is 11.1. The molecule has 0 bridgehead atoms. The summed E-state index contributed by atoms with van der Waals surface area (Å²) in [6.45, 7) is 13.3. The van der Waals surface area contributed by atoms with E-state index in [0.29, 0.717) is 5.54 Å². The summed E-state index contributed by atoms with van der Waals surface area (Å²) < 4.78 is 0. The van der Waals surface area contributed by atoms with Gasteiger partial charge in [-0.05, 0) is 30.0 Å². The van der Waals surface area contributed by atoms with Gasteiger partial charge in [-0.1, -0.05) is 62.1 Å². The fourth-order valence-electron chi connectivity index (χ4n) is 1.90. The van der Waals surface area contributed by atoms with E-state index in [1.807, 2.05) is 0 Å². The summed E-state index contributed by atoms with van der Waals surface area (Å²) in [6.07, 6.45) is 7.76. The van der Waals surface area contributed by atoms with E-state index in [1.54, 1.807) is 0 Å². The molecule has 1 aromatic carbocycles. The molecule has 92 valence electrons. The van der Waals surface area contributed by atoms with Crippen LogP contribution in [-0.4, -0.2) is 8.07 Å². The van der Waals surface area contributed by atoms with Crippen molar-refractivity contribution in [1.82, 2.24) is 0 Å². The lowest BCUT2D eigenvalue weighted by Crippen LogP contribution is -2.25. The van der Waals surface area contributed by atoms with Crippen LogP contribution >= 0.6 is 0 Å². The zero-order valence-corrected chi connectivity index (χ0v) is 12.5. The maximum Gasteiger partial charge on any atom is 0.0557 e. The normalized spacial score (nSPS) is 13.9. The van der Waals surface area contributed by atoms with Gasteiger partial charge in [-0.3, -0.25) is 0 Å². The first-order valence-corrected chi connectivity index (χ1v) is 9.86. The van der Waals surface area contributed by atoms with Gasteiger partial charge in [0.25, 0.3) is 0 Å². The smallest absolute Gasteiger partial charge is 0.0557 e. The number of hydrogen-bond acceptors (Lipinski definition) is 0. The van der Waals surface area contributed by atoms with Crippen molar-refractivity contribution in [3.8, 4) is 0 Å². The Morgan fingerprint density at radius 2 is 1.88 bits per heavy atom. The molecule has 0 saturated heterocycles. The number of benzene rings is 1. The largest absolute Gasteiger partial charge is 0.103 e. The van der Waals surface area contributed by atoms with Gasteiger partial charge in [0.05, 0.1) is 8.07 Å². The van der Waals surface area contributed by atoms with Crippen LogP contribution in [0.3, 0.4) is 0 Å². The van der Waals surface area contributed by atoms with E-state index in [0.717, 1.165) is 6.42 Å². The standard InChI is InChI=1S/C16H24Si/c1-6-16(17(3,4)5)13-9-12-15-11-8-7-10-14(15)2/h6-11,13,16H,1,12H2,2-5H3. The van der Waals surface area contributed by atoms with Gasteiger partial charge >= 0.3 is 0 Å². The summed E-state index contributed by atoms with van der Waals surface area (Å²) in [7, 11) is -1.14. The monoisotopic (exact) mass is 244 g/mol. The fourth-order valence-corrected chi connectivity index (χ4v) is 3.32. The van der Waals surface area contributed by atoms with Crippen LogP contribution in [0.2, 0.25) is 25.2 Å². The first-order valence-electron chi connectivity index (χ1n) is 6.29. The van der Waals surface area contributed by atoms with E-state index in [4.69, 9.17) is 0 Å². The maximum atomic E-state index is 3.95. The first-order chi connectivity index (χ1) is 7.95. The molecule has 0 amide bonds. The van der Waals surface area contributed by atoms with Crippen molar-refractivity contribution in [2.24, 2.45) is 0 Å². The molecule has 0 aliphatic heterocycles. The number of allylic oxidation sites excluding steroid dienone is 3. The molecule has 0 heterocycles. The maximum absolute atomic E-state index is 3.95. The third-order valence-corrected chi connectivity index (χ3v) is 5.62. The molecule has 0 fully saturated rings. The Kier molecular flexibility index (Phi) is 4.95. The van der Waals surface area contributed by atoms with Crippen LogP contribution in [0, 0.1) is 6.92 Å². The molecule has 0 spiro atoms. The van der Waals surface area contributed by atoms with E-state index in [1.165, 1.54) is 11.1 Å². The van der Waals surface area contributed by atoms with Crippen LogP contribution in [0.25, 0.3) is 0 Å². The molecule has 0 radical (unpaired) electrons. The highest BCUT2D eigenvalue weighted by Crippen LogP contribution is 2.24. The predicted molar refractivity (Wildman–Crippen MR) is 81.3 cm³/mol. The van der Waals surface area contributed by atoms with E-state index in [9.17, 15) is 0 Å². The molecule has 0 N–H and O–H groups in total. The third kappa shape index (κ3) is 4.35. The Morgan fingerprint density at radius 1 is 1.24 bits per heavy atom. The van der Waals surface area contributed by atoms with E-state index in [-0.39, 0.29) is 0 Å². The van der Waals surface area contributed by atoms with Crippen LogP contribution in [0.15, 0.2) is 49.1 Å². The SMILES string of the molecule is C=CC(C=CCc1ccccc1C)[Si](C)(C)C. The lowest BCUT2D eigenvalue weighted by Gasteiger charge is -2.22. The quantitative estimate of drug-likeness (QED) is 0.506. The molecular formula is C16H24Si. The molecule has 0 aliphatic carbocycles. The summed E-state index contributed by atoms with van der Waals surface area (Å²) in [4.78, 5) is 0. The minimum absolute atomic E-state index is 0.575. The highest BCUT2D eigenvalue weighted by atomic mass is 28.3. The molecule has 17 heavy (non-hydrogen) atoms. The third-order valence-electron chi connectivity index (χ3n) is 3.20. The summed E-state index contributed by atoms with van der Waals surface area (Å²) in [5, 5.41) is 0. The molecule has 1 atom stereocenters. The average molecular weight is 244 g/mol. The molecule has 1 unspecified atom stereocenters. The highest BCUT2D eigenvalue weighted by Gasteiger charge is 2.20. The summed E-state index contributed by atoms with van der Waals surface area (Å²) in [5.74, 6) is 0. The summed E-state index contributed by atoms with van der Waals surface area (Å²) in [5.41, 5.74) is 3.37. The van der Waals surface area contributed by atoms with Crippen molar-refractivity contribution in [1.29, 1.82) is 0 Å². The van der Waals surface area contributed by atoms with Gasteiger partial charge < -0.3 is 0 Å². The van der Waals surface area contributed by atoms with Crippen molar-refractivity contribution >= 4 is 8.07 Å². The summed E-state index contributed by atoms with van der Waals surface area (Å²) in [6, 6.07) is 8.58. The van der Waals surface area contributed by atoms with E-state index < -0.39 is 8.07 Å². The van der Waals surface area contributed by atoms with Gasteiger partial charge in [0.15, 0.2) is 0 Å². The Morgan fingerprint density at radius 3 is 2.41 bits per heavy atom. The minimum atomic E-state index is -1.14. The number of rotatable bonds is 5. The summed E-state index contributed by atoms with van der Waals surface area (Å²) >= 11 is 0. The van der Waals surface area contributed by atoms with Gasteiger partial charge in [0, 0.05) is 0 Å². The molecule has 1 rings (SSSR count). The lowest BCUT2D eigenvalue weighted by molar-refractivity contribution is 1.18. The second-order valence-electron chi connectivity index (χ2n) is 5.69. The van der Waals surface area contributed by atoms with Gasteiger partial charge in [-0.2, -0.15) is 0 Å². The Hall–Kier alpha value is -1.08. The van der Waals surface area contributed by atoms with Crippen molar-refractivity contribution in [3.63, 3.8) is 0 Å². The highest BCUT2D eigenvalue weighted by molar-refractivity contribution is 6.78. The molecular weight excluding hydrogens is 220 g/mol. The zero-order valence-electron chi connectivity index (χ0n) is 11.5. The van der Waals surface area contributed by atoms with Gasteiger partial charge in [0.1, 0.15) is 0 Å². The zero-order chi connectivity index (χ0) is 12.9. The molecule has 1 aromatic rings. The molecule has 0 saturated carbocycles. The first kappa shape index (κ1) is 14.0. The molecule has 0 aliphatic rings. The Bertz CT molecular complexity index is 396.